The SMILES string of the molecule is CCCC[NH+](CC)Cc1c(C)[nH]c2c(OC)ccc(Cl)c2c1=O. The quantitative estimate of drug-likeness (QED) is 0.816. The molecular weight excluding hydrogens is 312 g/mol. The number of fused-ring (bicyclic) bond motifs is 1. The maximum atomic E-state index is 13.0. The average Bonchev–Trinajstić information content (AvgIpc) is 2.54. The second-order valence-corrected chi connectivity index (χ2v) is 6.35. The van der Waals surface area contributed by atoms with E-state index in [2.05, 4.69) is 18.8 Å². The topological polar surface area (TPSA) is 46.5 Å². The Morgan fingerprint density at radius 2 is 2.04 bits per heavy atom. The van der Waals surface area contributed by atoms with Crippen LogP contribution in [-0.2, 0) is 6.54 Å². The first kappa shape index (κ1) is 17.8. The molecule has 2 rings (SSSR count). The highest BCUT2D eigenvalue weighted by Gasteiger charge is 2.18. The van der Waals surface area contributed by atoms with Crippen LogP contribution in [0.1, 0.15) is 37.9 Å². The van der Waals surface area contributed by atoms with E-state index in [1.807, 2.05) is 6.92 Å². The minimum Gasteiger partial charge on any atom is -0.495 e. The first-order chi connectivity index (χ1) is 11.0. The lowest BCUT2D eigenvalue weighted by molar-refractivity contribution is -0.912. The fraction of sp³-hybridized carbons (Fsp3) is 0.500. The largest absolute Gasteiger partial charge is 0.495 e. The van der Waals surface area contributed by atoms with Gasteiger partial charge in [0, 0.05) is 5.69 Å². The number of pyridine rings is 1. The molecule has 2 aromatic rings. The number of benzene rings is 1. The summed E-state index contributed by atoms with van der Waals surface area (Å²) in [6.45, 7) is 9.10. The van der Waals surface area contributed by atoms with Gasteiger partial charge in [0.15, 0.2) is 5.43 Å². The van der Waals surface area contributed by atoms with Gasteiger partial charge < -0.3 is 14.6 Å². The Kier molecular flexibility index (Phi) is 6.08. The van der Waals surface area contributed by atoms with E-state index in [9.17, 15) is 4.79 Å². The Morgan fingerprint density at radius 3 is 2.65 bits per heavy atom. The minimum absolute atomic E-state index is 0.0163. The summed E-state index contributed by atoms with van der Waals surface area (Å²) < 4.78 is 5.35. The van der Waals surface area contributed by atoms with Crippen LogP contribution >= 0.6 is 11.6 Å². The predicted molar refractivity (Wildman–Crippen MR) is 95.9 cm³/mol. The summed E-state index contributed by atoms with van der Waals surface area (Å²) in [7, 11) is 1.60. The summed E-state index contributed by atoms with van der Waals surface area (Å²) in [5, 5.41) is 0.993. The third kappa shape index (κ3) is 3.70. The Bertz CT molecular complexity index is 740. The molecule has 0 aliphatic carbocycles. The molecule has 0 fully saturated rings. The van der Waals surface area contributed by atoms with Crippen molar-refractivity contribution in [2.45, 2.75) is 40.2 Å². The Labute approximate surface area is 142 Å². The van der Waals surface area contributed by atoms with Crippen molar-refractivity contribution in [3.05, 3.63) is 38.6 Å². The van der Waals surface area contributed by atoms with Gasteiger partial charge in [0.05, 0.1) is 41.7 Å². The lowest BCUT2D eigenvalue weighted by atomic mass is 10.1. The van der Waals surface area contributed by atoms with E-state index in [4.69, 9.17) is 16.3 Å². The molecule has 4 nitrogen and oxygen atoms in total. The first-order valence-corrected chi connectivity index (χ1v) is 8.62. The zero-order chi connectivity index (χ0) is 17.0. The van der Waals surface area contributed by atoms with E-state index < -0.39 is 0 Å². The number of methoxy groups -OCH3 is 1. The molecule has 1 atom stereocenters. The van der Waals surface area contributed by atoms with Gasteiger partial charge in [0.2, 0.25) is 0 Å². The van der Waals surface area contributed by atoms with E-state index >= 15 is 0 Å². The number of hydrogen-bond acceptors (Lipinski definition) is 2. The monoisotopic (exact) mass is 337 g/mol. The Morgan fingerprint density at radius 1 is 1.30 bits per heavy atom. The molecule has 5 heteroatoms. The summed E-state index contributed by atoms with van der Waals surface area (Å²) in [6, 6.07) is 3.50. The average molecular weight is 338 g/mol. The molecule has 1 aromatic carbocycles. The fourth-order valence-corrected chi connectivity index (χ4v) is 3.18. The van der Waals surface area contributed by atoms with Crippen molar-refractivity contribution in [3.8, 4) is 5.75 Å². The van der Waals surface area contributed by atoms with Gasteiger partial charge in [0.25, 0.3) is 0 Å². The molecule has 0 aliphatic heterocycles. The second-order valence-electron chi connectivity index (χ2n) is 5.94. The van der Waals surface area contributed by atoms with Gasteiger partial charge >= 0.3 is 0 Å². The predicted octanol–water partition coefficient (Wildman–Crippen LogP) is 2.70. The number of nitrogens with one attached hydrogen (secondary N) is 2. The Balaban J connectivity index is 2.53. The van der Waals surface area contributed by atoms with Gasteiger partial charge in [-0.05, 0) is 32.4 Å². The maximum absolute atomic E-state index is 13.0. The molecule has 0 aliphatic rings. The summed E-state index contributed by atoms with van der Waals surface area (Å²) in [5.41, 5.74) is 2.41. The van der Waals surface area contributed by atoms with Gasteiger partial charge in [-0.1, -0.05) is 24.9 Å². The standard InChI is InChI=1S/C18H25ClN2O2/c1-5-7-10-21(6-2)11-13-12(3)20-17-15(23-4)9-8-14(19)16(17)18(13)22/h8-9H,5-7,10-11H2,1-4H3,(H,20,22)/p+1. The van der Waals surface area contributed by atoms with Crippen molar-refractivity contribution >= 4 is 22.5 Å². The molecule has 1 unspecified atom stereocenters. The maximum Gasteiger partial charge on any atom is 0.200 e. The van der Waals surface area contributed by atoms with Gasteiger partial charge in [-0.15, -0.1) is 0 Å². The normalized spacial score (nSPS) is 12.6. The number of ether oxygens (including phenoxy) is 1. The van der Waals surface area contributed by atoms with Crippen LogP contribution < -0.4 is 15.1 Å². The highest BCUT2D eigenvalue weighted by atomic mass is 35.5. The number of rotatable bonds is 7. The van der Waals surface area contributed by atoms with Crippen molar-refractivity contribution < 1.29 is 9.64 Å². The fourth-order valence-electron chi connectivity index (χ4n) is 2.94. The molecule has 2 N–H and O–H groups in total. The smallest absolute Gasteiger partial charge is 0.200 e. The van der Waals surface area contributed by atoms with Crippen molar-refractivity contribution in [1.82, 2.24) is 4.98 Å². The minimum atomic E-state index is 0.0163. The molecule has 0 saturated carbocycles. The first-order valence-electron chi connectivity index (χ1n) is 8.24. The number of aromatic amines is 1. The van der Waals surface area contributed by atoms with Crippen LogP contribution in [0.2, 0.25) is 5.02 Å². The summed E-state index contributed by atoms with van der Waals surface area (Å²) in [4.78, 5) is 17.7. The summed E-state index contributed by atoms with van der Waals surface area (Å²) in [6.07, 6.45) is 2.34. The molecule has 0 amide bonds. The highest BCUT2D eigenvalue weighted by molar-refractivity contribution is 6.35. The van der Waals surface area contributed by atoms with Crippen molar-refractivity contribution in [2.24, 2.45) is 0 Å². The number of halogens is 1. The lowest BCUT2D eigenvalue weighted by Gasteiger charge is -2.19. The summed E-state index contributed by atoms with van der Waals surface area (Å²) in [5.74, 6) is 0.641. The van der Waals surface area contributed by atoms with E-state index in [0.717, 1.165) is 30.9 Å². The van der Waals surface area contributed by atoms with E-state index in [1.54, 1.807) is 19.2 Å². The van der Waals surface area contributed by atoms with Gasteiger partial charge in [-0.2, -0.15) is 0 Å². The molecule has 23 heavy (non-hydrogen) atoms. The van der Waals surface area contributed by atoms with Gasteiger partial charge in [0.1, 0.15) is 12.3 Å². The van der Waals surface area contributed by atoms with Crippen LogP contribution in [0, 0.1) is 6.92 Å². The van der Waals surface area contributed by atoms with E-state index in [1.165, 1.54) is 17.7 Å². The number of hydrogen-bond donors (Lipinski definition) is 2. The highest BCUT2D eigenvalue weighted by Crippen LogP contribution is 2.28. The lowest BCUT2D eigenvalue weighted by Crippen LogP contribution is -3.10. The number of aromatic nitrogens is 1. The van der Waals surface area contributed by atoms with Crippen LogP contribution in [0.25, 0.3) is 10.9 Å². The molecule has 1 aromatic heterocycles. The summed E-state index contributed by atoms with van der Waals surface area (Å²) >= 11 is 6.29. The number of quaternary nitrogens is 1. The zero-order valence-electron chi connectivity index (χ0n) is 14.4. The number of aryl methyl sites for hydroxylation is 1. The van der Waals surface area contributed by atoms with Crippen LogP contribution in [-0.4, -0.2) is 25.2 Å². The third-order valence-electron chi connectivity index (χ3n) is 4.41. The number of H-pyrrole nitrogens is 1. The molecule has 126 valence electrons. The number of unbranched alkanes of at least 4 members (excludes halogenated alkanes) is 1. The molecule has 1 heterocycles. The van der Waals surface area contributed by atoms with E-state index in [0.29, 0.717) is 21.7 Å². The van der Waals surface area contributed by atoms with Crippen LogP contribution in [0.5, 0.6) is 5.75 Å². The molecular formula is C18H26ClN2O2+. The van der Waals surface area contributed by atoms with Gasteiger partial charge in [-0.3, -0.25) is 4.79 Å². The second kappa shape index (κ2) is 7.84. The third-order valence-corrected chi connectivity index (χ3v) is 4.73. The van der Waals surface area contributed by atoms with Crippen LogP contribution in [0.15, 0.2) is 16.9 Å². The van der Waals surface area contributed by atoms with Crippen molar-refractivity contribution in [3.63, 3.8) is 0 Å². The zero-order valence-corrected chi connectivity index (χ0v) is 15.1. The van der Waals surface area contributed by atoms with Crippen molar-refractivity contribution in [1.29, 1.82) is 0 Å². The molecule has 0 radical (unpaired) electrons. The Hall–Kier alpha value is -1.52. The van der Waals surface area contributed by atoms with Crippen molar-refractivity contribution in [2.75, 3.05) is 20.2 Å². The molecule has 0 saturated heterocycles. The van der Waals surface area contributed by atoms with Crippen LogP contribution in [0.3, 0.4) is 0 Å². The van der Waals surface area contributed by atoms with Crippen LogP contribution in [0.4, 0.5) is 0 Å². The molecule has 0 bridgehead atoms. The molecule has 0 spiro atoms. The van der Waals surface area contributed by atoms with E-state index in [-0.39, 0.29) is 5.43 Å². The van der Waals surface area contributed by atoms with Gasteiger partial charge in [-0.25, -0.2) is 0 Å².